The minimum absolute atomic E-state index is 0. The molecule has 1 aromatic heterocycles. The van der Waals surface area contributed by atoms with Gasteiger partial charge in [0.2, 0.25) is 0 Å². The van der Waals surface area contributed by atoms with Gasteiger partial charge in [-0.05, 0) is 30.7 Å². The number of nitrogens with one attached hydrogen (secondary N) is 2. The van der Waals surface area contributed by atoms with Gasteiger partial charge in [-0.15, -0.1) is 35.3 Å². The monoisotopic (exact) mass is 439 g/mol. The summed E-state index contributed by atoms with van der Waals surface area (Å²) in [4.78, 5) is 5.52. The number of hydrogen-bond donors (Lipinski definition) is 2. The van der Waals surface area contributed by atoms with E-state index in [0.29, 0.717) is 6.10 Å². The fourth-order valence-electron chi connectivity index (χ4n) is 2.18. The maximum atomic E-state index is 5.84. The van der Waals surface area contributed by atoms with Crippen LogP contribution in [0.4, 0.5) is 0 Å². The largest absolute Gasteiger partial charge is 0.381 e. The maximum absolute atomic E-state index is 5.84. The van der Waals surface area contributed by atoms with Gasteiger partial charge in [0, 0.05) is 38.3 Å². The van der Waals surface area contributed by atoms with Crippen LogP contribution < -0.4 is 10.6 Å². The first-order chi connectivity index (χ1) is 10.4. The summed E-state index contributed by atoms with van der Waals surface area (Å²) in [5.41, 5.74) is 0. The third-order valence-corrected chi connectivity index (χ3v) is 4.25. The summed E-state index contributed by atoms with van der Waals surface area (Å²) in [6.45, 7) is 4.15. The van der Waals surface area contributed by atoms with E-state index in [-0.39, 0.29) is 24.0 Å². The van der Waals surface area contributed by atoms with Crippen molar-refractivity contribution < 1.29 is 9.47 Å². The topological polar surface area (TPSA) is 54.9 Å². The number of halogens is 1. The van der Waals surface area contributed by atoms with E-state index in [1.54, 1.807) is 18.4 Å². The molecule has 0 bridgehead atoms. The lowest BCUT2D eigenvalue weighted by atomic mass is 10.1. The van der Waals surface area contributed by atoms with E-state index in [0.717, 1.165) is 58.1 Å². The van der Waals surface area contributed by atoms with Crippen molar-refractivity contribution in [1.29, 1.82) is 0 Å². The quantitative estimate of drug-likeness (QED) is 0.297. The predicted molar refractivity (Wildman–Crippen MR) is 102 cm³/mol. The normalized spacial score (nSPS) is 16.1. The Balaban J connectivity index is 0.00000242. The smallest absolute Gasteiger partial charge is 0.191 e. The fourth-order valence-corrected chi connectivity index (χ4v) is 2.82. The van der Waals surface area contributed by atoms with Crippen molar-refractivity contribution in [3.63, 3.8) is 0 Å². The number of guanidine groups is 1. The van der Waals surface area contributed by atoms with Crippen LogP contribution in [0.3, 0.4) is 0 Å². The molecule has 2 heterocycles. The first kappa shape index (κ1) is 19.7. The Kier molecular flexibility index (Phi) is 10.8. The van der Waals surface area contributed by atoms with Crippen LogP contribution in [0.2, 0.25) is 0 Å². The summed E-state index contributed by atoms with van der Waals surface area (Å²) in [6.07, 6.45) is 3.42. The van der Waals surface area contributed by atoms with Crippen LogP contribution in [0.5, 0.6) is 0 Å². The summed E-state index contributed by atoms with van der Waals surface area (Å²) in [6, 6.07) is 4.18. The highest BCUT2D eigenvalue weighted by atomic mass is 127. The highest BCUT2D eigenvalue weighted by Gasteiger charge is 2.13. The molecule has 0 radical (unpaired) electrons. The Morgan fingerprint density at radius 2 is 2.23 bits per heavy atom. The molecule has 2 rings (SSSR count). The molecular weight excluding hydrogens is 413 g/mol. The summed E-state index contributed by atoms with van der Waals surface area (Å²) in [5.74, 6) is 0.842. The van der Waals surface area contributed by atoms with Crippen molar-refractivity contribution in [3.8, 4) is 0 Å². The van der Waals surface area contributed by atoms with E-state index >= 15 is 0 Å². The molecule has 0 unspecified atom stereocenters. The van der Waals surface area contributed by atoms with E-state index in [4.69, 9.17) is 9.47 Å². The molecule has 1 aliphatic heterocycles. The number of rotatable bonds is 7. The number of ether oxygens (including phenoxy) is 2. The number of hydrogen-bond acceptors (Lipinski definition) is 4. The van der Waals surface area contributed by atoms with E-state index < -0.39 is 0 Å². The summed E-state index contributed by atoms with van der Waals surface area (Å²) in [7, 11) is 1.79. The van der Waals surface area contributed by atoms with Crippen molar-refractivity contribution >= 4 is 41.3 Å². The lowest BCUT2D eigenvalue weighted by molar-refractivity contribution is -0.0320. The first-order valence-corrected chi connectivity index (χ1v) is 8.42. The minimum atomic E-state index is 0. The molecule has 1 aromatic rings. The Bertz CT molecular complexity index is 409. The zero-order chi connectivity index (χ0) is 14.8. The van der Waals surface area contributed by atoms with Crippen LogP contribution in [0.25, 0.3) is 0 Å². The van der Waals surface area contributed by atoms with E-state index in [1.165, 1.54) is 4.88 Å². The van der Waals surface area contributed by atoms with Gasteiger partial charge in [-0.2, -0.15) is 0 Å². The number of nitrogens with zero attached hydrogens (tertiary/aromatic N) is 1. The van der Waals surface area contributed by atoms with Gasteiger partial charge in [0.05, 0.1) is 12.6 Å². The van der Waals surface area contributed by atoms with Gasteiger partial charge in [0.1, 0.15) is 0 Å². The van der Waals surface area contributed by atoms with Gasteiger partial charge in [0.15, 0.2) is 5.96 Å². The first-order valence-electron chi connectivity index (χ1n) is 7.54. The van der Waals surface area contributed by atoms with Gasteiger partial charge >= 0.3 is 0 Å². The Hall–Kier alpha value is -0.380. The SMILES string of the molecule is CN=C(NCCCOC1CCOCC1)NCc1cccs1.I. The van der Waals surface area contributed by atoms with Crippen LogP contribution in [0.15, 0.2) is 22.5 Å². The van der Waals surface area contributed by atoms with Crippen LogP contribution in [0, 0.1) is 0 Å². The maximum Gasteiger partial charge on any atom is 0.191 e. The molecule has 0 spiro atoms. The summed E-state index contributed by atoms with van der Waals surface area (Å²) >= 11 is 1.75. The molecule has 1 aliphatic rings. The standard InChI is InChI=1S/C15H25N3O2S.HI/c1-16-15(18-12-14-4-2-11-21-14)17-7-3-8-20-13-5-9-19-10-6-13;/h2,4,11,13H,3,5-10,12H2,1H3,(H2,16,17,18);1H. The lowest BCUT2D eigenvalue weighted by Gasteiger charge is -2.22. The molecule has 1 saturated heterocycles. The van der Waals surface area contributed by atoms with Crippen molar-refractivity contribution in [1.82, 2.24) is 10.6 Å². The summed E-state index contributed by atoms with van der Waals surface area (Å²) < 4.78 is 11.2. The molecule has 5 nitrogen and oxygen atoms in total. The molecule has 0 saturated carbocycles. The highest BCUT2D eigenvalue weighted by Crippen LogP contribution is 2.10. The molecule has 0 amide bonds. The second-order valence-electron chi connectivity index (χ2n) is 4.97. The second-order valence-corrected chi connectivity index (χ2v) is 6.00. The molecule has 126 valence electrons. The molecule has 0 aromatic carbocycles. The van der Waals surface area contributed by atoms with Crippen LogP contribution in [-0.2, 0) is 16.0 Å². The molecule has 2 N–H and O–H groups in total. The molecule has 0 atom stereocenters. The number of aliphatic imine (C=N–C) groups is 1. The van der Waals surface area contributed by atoms with Crippen LogP contribution in [0.1, 0.15) is 24.1 Å². The molecule has 0 aliphatic carbocycles. The zero-order valence-electron chi connectivity index (χ0n) is 13.0. The second kappa shape index (κ2) is 12.1. The van der Waals surface area contributed by atoms with Crippen molar-refractivity contribution in [3.05, 3.63) is 22.4 Å². The Labute approximate surface area is 153 Å². The van der Waals surface area contributed by atoms with Crippen molar-refractivity contribution in [2.45, 2.75) is 31.9 Å². The molecular formula is C15H26IN3O2S. The minimum Gasteiger partial charge on any atom is -0.381 e. The van der Waals surface area contributed by atoms with Crippen molar-refractivity contribution in [2.75, 3.05) is 33.4 Å². The van der Waals surface area contributed by atoms with Crippen LogP contribution >= 0.6 is 35.3 Å². The van der Waals surface area contributed by atoms with E-state index in [9.17, 15) is 0 Å². The average Bonchev–Trinajstić information content (AvgIpc) is 3.04. The van der Waals surface area contributed by atoms with E-state index in [1.807, 2.05) is 0 Å². The third-order valence-electron chi connectivity index (χ3n) is 3.37. The van der Waals surface area contributed by atoms with E-state index in [2.05, 4.69) is 33.1 Å². The van der Waals surface area contributed by atoms with Gasteiger partial charge in [-0.1, -0.05) is 6.07 Å². The molecule has 1 fully saturated rings. The lowest BCUT2D eigenvalue weighted by Crippen LogP contribution is -2.37. The summed E-state index contributed by atoms with van der Waals surface area (Å²) in [5, 5.41) is 8.70. The van der Waals surface area contributed by atoms with Gasteiger partial charge in [-0.3, -0.25) is 4.99 Å². The Morgan fingerprint density at radius 3 is 2.91 bits per heavy atom. The zero-order valence-corrected chi connectivity index (χ0v) is 16.2. The highest BCUT2D eigenvalue weighted by molar-refractivity contribution is 14.0. The van der Waals surface area contributed by atoms with Crippen molar-refractivity contribution in [2.24, 2.45) is 4.99 Å². The number of thiophene rings is 1. The fraction of sp³-hybridized carbons (Fsp3) is 0.667. The van der Waals surface area contributed by atoms with Gasteiger partial charge in [-0.25, -0.2) is 0 Å². The molecule has 22 heavy (non-hydrogen) atoms. The third kappa shape index (κ3) is 7.75. The molecule has 7 heteroatoms. The van der Waals surface area contributed by atoms with Gasteiger partial charge < -0.3 is 20.1 Å². The van der Waals surface area contributed by atoms with Gasteiger partial charge in [0.25, 0.3) is 0 Å². The van der Waals surface area contributed by atoms with Crippen LogP contribution in [-0.4, -0.2) is 45.5 Å². The Morgan fingerprint density at radius 1 is 1.41 bits per heavy atom. The predicted octanol–water partition coefficient (Wildman–Crippen LogP) is 2.62. The average molecular weight is 439 g/mol.